The van der Waals surface area contributed by atoms with Gasteiger partial charge in [0.25, 0.3) is 5.91 Å². The van der Waals surface area contributed by atoms with E-state index in [2.05, 4.69) is 15.3 Å². The van der Waals surface area contributed by atoms with Crippen LogP contribution in [0.4, 0.5) is 13.2 Å². The predicted molar refractivity (Wildman–Crippen MR) is 69.7 cm³/mol. The van der Waals surface area contributed by atoms with Crippen molar-refractivity contribution in [1.29, 1.82) is 0 Å². The molecule has 0 saturated carbocycles. The summed E-state index contributed by atoms with van der Waals surface area (Å²) < 4.78 is 43.2. The van der Waals surface area contributed by atoms with Crippen LogP contribution in [0, 0.1) is 6.92 Å². The molecule has 1 atom stereocenters. The summed E-state index contributed by atoms with van der Waals surface area (Å²) in [6.45, 7) is 1.53. The van der Waals surface area contributed by atoms with E-state index in [0.717, 1.165) is 6.07 Å². The number of carboxylic acid groups (broad SMARTS) is 1. The molecule has 2 heterocycles. The third-order valence-electron chi connectivity index (χ3n) is 3.31. The molecule has 126 valence electrons. The first-order valence-corrected chi connectivity index (χ1v) is 6.66. The van der Waals surface area contributed by atoms with Crippen molar-refractivity contribution in [2.75, 3.05) is 13.2 Å². The molecular weight excluding hydrogens is 319 g/mol. The molecule has 0 aromatic carbocycles. The molecule has 1 aliphatic rings. The van der Waals surface area contributed by atoms with Crippen molar-refractivity contribution in [1.82, 2.24) is 15.3 Å². The van der Waals surface area contributed by atoms with Gasteiger partial charge in [0, 0.05) is 12.3 Å². The lowest BCUT2D eigenvalue weighted by Gasteiger charge is -2.26. The minimum atomic E-state index is -4.78. The number of amides is 1. The Balaban J connectivity index is 2.26. The van der Waals surface area contributed by atoms with E-state index in [1.165, 1.54) is 6.92 Å². The first-order valence-electron chi connectivity index (χ1n) is 6.66. The Kier molecular flexibility index (Phi) is 4.55. The third-order valence-corrected chi connectivity index (χ3v) is 3.31. The fourth-order valence-electron chi connectivity index (χ4n) is 2.30. The standard InChI is InChI=1S/C13H14F3N3O4/c1-7-4-8(18-11(17-7)13(14,15)16)10(22)19-12(5-9(20)21)2-3-23-6-12/h4H,2-3,5-6H2,1H3,(H,19,22)(H,20,21). The summed E-state index contributed by atoms with van der Waals surface area (Å²) in [5, 5.41) is 11.4. The van der Waals surface area contributed by atoms with E-state index in [9.17, 15) is 22.8 Å². The largest absolute Gasteiger partial charge is 0.481 e. The van der Waals surface area contributed by atoms with Crippen LogP contribution in [0.25, 0.3) is 0 Å². The number of ether oxygens (including phenoxy) is 1. The summed E-state index contributed by atoms with van der Waals surface area (Å²) in [4.78, 5) is 29.6. The molecule has 2 N–H and O–H groups in total. The Morgan fingerprint density at radius 3 is 2.65 bits per heavy atom. The summed E-state index contributed by atoms with van der Waals surface area (Å²) in [5.41, 5.74) is -1.64. The monoisotopic (exact) mass is 333 g/mol. The van der Waals surface area contributed by atoms with E-state index in [1.807, 2.05) is 0 Å². The lowest BCUT2D eigenvalue weighted by molar-refractivity contribution is -0.145. The lowest BCUT2D eigenvalue weighted by atomic mass is 9.94. The van der Waals surface area contributed by atoms with Crippen LogP contribution in [0.2, 0.25) is 0 Å². The molecule has 1 unspecified atom stereocenters. The van der Waals surface area contributed by atoms with Crippen LogP contribution in [0.1, 0.15) is 34.8 Å². The molecule has 2 rings (SSSR count). The molecule has 7 nitrogen and oxygen atoms in total. The number of aryl methyl sites for hydroxylation is 1. The van der Waals surface area contributed by atoms with E-state index < -0.39 is 41.5 Å². The Labute approximate surface area is 128 Å². The number of nitrogens with zero attached hydrogens (tertiary/aromatic N) is 2. The highest BCUT2D eigenvalue weighted by Gasteiger charge is 2.40. The molecule has 1 aromatic heterocycles. The summed E-state index contributed by atoms with van der Waals surface area (Å²) in [5.74, 6) is -3.46. The molecule has 0 radical (unpaired) electrons. The molecule has 0 aliphatic carbocycles. The number of alkyl halides is 3. The molecule has 1 aromatic rings. The van der Waals surface area contributed by atoms with E-state index in [1.54, 1.807) is 0 Å². The second-order valence-corrected chi connectivity index (χ2v) is 5.32. The maximum absolute atomic E-state index is 12.7. The smallest absolute Gasteiger partial charge is 0.451 e. The van der Waals surface area contributed by atoms with E-state index >= 15 is 0 Å². The van der Waals surface area contributed by atoms with Gasteiger partial charge in [0.2, 0.25) is 5.82 Å². The van der Waals surface area contributed by atoms with Crippen LogP contribution < -0.4 is 5.32 Å². The zero-order valence-corrected chi connectivity index (χ0v) is 12.1. The van der Waals surface area contributed by atoms with Gasteiger partial charge in [0.05, 0.1) is 18.6 Å². The Morgan fingerprint density at radius 1 is 1.43 bits per heavy atom. The quantitative estimate of drug-likeness (QED) is 0.858. The van der Waals surface area contributed by atoms with Gasteiger partial charge >= 0.3 is 12.1 Å². The van der Waals surface area contributed by atoms with E-state index in [0.29, 0.717) is 0 Å². The lowest BCUT2D eigenvalue weighted by Crippen LogP contribution is -2.50. The zero-order valence-electron chi connectivity index (χ0n) is 12.1. The minimum absolute atomic E-state index is 0.0209. The molecule has 0 bridgehead atoms. The molecule has 10 heteroatoms. The Morgan fingerprint density at radius 2 is 2.13 bits per heavy atom. The Hall–Kier alpha value is -2.23. The SMILES string of the molecule is Cc1cc(C(=O)NC2(CC(=O)O)CCOC2)nc(C(F)(F)F)n1. The highest BCUT2D eigenvalue weighted by atomic mass is 19.4. The third kappa shape index (κ3) is 4.15. The summed E-state index contributed by atoms with van der Waals surface area (Å²) in [6, 6.07) is 1.11. The minimum Gasteiger partial charge on any atom is -0.481 e. The number of rotatable bonds is 4. The molecule has 1 aliphatic heterocycles. The van der Waals surface area contributed by atoms with Crippen LogP contribution in [-0.4, -0.2) is 45.7 Å². The summed E-state index contributed by atoms with van der Waals surface area (Å²) in [6.07, 6.45) is -4.92. The number of carbonyl (C=O) groups excluding carboxylic acids is 1. The topological polar surface area (TPSA) is 101 Å². The fraction of sp³-hybridized carbons (Fsp3) is 0.538. The van der Waals surface area contributed by atoms with Gasteiger partial charge in [0.15, 0.2) is 0 Å². The number of halogens is 3. The molecule has 1 amide bonds. The van der Waals surface area contributed by atoms with Crippen molar-refractivity contribution >= 4 is 11.9 Å². The van der Waals surface area contributed by atoms with Crippen LogP contribution in [0.5, 0.6) is 0 Å². The van der Waals surface area contributed by atoms with E-state index in [-0.39, 0.29) is 25.3 Å². The van der Waals surface area contributed by atoms with Gasteiger partial charge in [-0.2, -0.15) is 13.2 Å². The molecule has 1 saturated heterocycles. The maximum Gasteiger partial charge on any atom is 0.451 e. The average molecular weight is 333 g/mol. The number of aromatic nitrogens is 2. The second kappa shape index (κ2) is 6.11. The molecular formula is C13H14F3N3O4. The first kappa shape index (κ1) is 17.1. The van der Waals surface area contributed by atoms with Crippen molar-refractivity contribution in [2.45, 2.75) is 31.5 Å². The van der Waals surface area contributed by atoms with Gasteiger partial charge in [-0.15, -0.1) is 0 Å². The summed E-state index contributed by atoms with van der Waals surface area (Å²) in [7, 11) is 0. The van der Waals surface area contributed by atoms with Crippen molar-refractivity contribution in [3.63, 3.8) is 0 Å². The highest BCUT2D eigenvalue weighted by Crippen LogP contribution is 2.27. The van der Waals surface area contributed by atoms with Gasteiger partial charge in [-0.1, -0.05) is 0 Å². The van der Waals surface area contributed by atoms with Gasteiger partial charge in [-0.3, -0.25) is 9.59 Å². The normalized spacial score (nSPS) is 21.2. The first-order chi connectivity index (χ1) is 10.6. The number of carboxylic acids is 1. The van der Waals surface area contributed by atoms with Crippen LogP contribution in [-0.2, 0) is 15.7 Å². The second-order valence-electron chi connectivity index (χ2n) is 5.32. The molecule has 23 heavy (non-hydrogen) atoms. The van der Waals surface area contributed by atoms with Crippen LogP contribution in [0.15, 0.2) is 6.07 Å². The fourth-order valence-corrected chi connectivity index (χ4v) is 2.30. The molecule has 0 spiro atoms. The maximum atomic E-state index is 12.7. The van der Waals surface area contributed by atoms with Crippen molar-refractivity contribution in [2.24, 2.45) is 0 Å². The highest BCUT2D eigenvalue weighted by molar-refractivity contribution is 5.93. The number of nitrogens with one attached hydrogen (secondary N) is 1. The van der Waals surface area contributed by atoms with Gasteiger partial charge < -0.3 is 15.2 Å². The van der Waals surface area contributed by atoms with Crippen molar-refractivity contribution in [3.8, 4) is 0 Å². The molecule has 1 fully saturated rings. The van der Waals surface area contributed by atoms with Crippen molar-refractivity contribution < 1.29 is 32.6 Å². The zero-order chi connectivity index (χ0) is 17.3. The number of carbonyl (C=O) groups is 2. The van der Waals surface area contributed by atoms with Gasteiger partial charge in [0.1, 0.15) is 5.69 Å². The van der Waals surface area contributed by atoms with Gasteiger partial charge in [-0.25, -0.2) is 9.97 Å². The van der Waals surface area contributed by atoms with Crippen LogP contribution >= 0.6 is 0 Å². The predicted octanol–water partition coefficient (Wildman–Crippen LogP) is 1.17. The average Bonchev–Trinajstić information content (AvgIpc) is 2.84. The number of hydrogen-bond acceptors (Lipinski definition) is 5. The number of hydrogen-bond donors (Lipinski definition) is 2. The Bertz CT molecular complexity index is 627. The summed E-state index contributed by atoms with van der Waals surface area (Å²) >= 11 is 0. The van der Waals surface area contributed by atoms with Gasteiger partial charge in [-0.05, 0) is 19.4 Å². The van der Waals surface area contributed by atoms with E-state index in [4.69, 9.17) is 9.84 Å². The number of aliphatic carboxylic acids is 1. The van der Waals surface area contributed by atoms with Crippen LogP contribution in [0.3, 0.4) is 0 Å². The van der Waals surface area contributed by atoms with Crippen molar-refractivity contribution in [3.05, 3.63) is 23.3 Å².